The molecule has 0 atom stereocenters. The molecule has 0 saturated heterocycles. The van der Waals surface area contributed by atoms with Gasteiger partial charge in [-0.15, -0.1) is 0 Å². The molecule has 0 spiro atoms. The highest BCUT2D eigenvalue weighted by molar-refractivity contribution is 5.88. The van der Waals surface area contributed by atoms with E-state index in [1.807, 2.05) is 30.4 Å². The zero-order valence-corrected chi connectivity index (χ0v) is 17.4. The minimum atomic E-state index is -0.414. The van der Waals surface area contributed by atoms with Gasteiger partial charge in [0.25, 0.3) is 0 Å². The van der Waals surface area contributed by atoms with Gasteiger partial charge in [-0.05, 0) is 57.2 Å². The van der Waals surface area contributed by atoms with Crippen LogP contribution in [-0.4, -0.2) is 43.5 Å². The molecule has 1 aromatic carbocycles. The van der Waals surface area contributed by atoms with Gasteiger partial charge in [0.2, 0.25) is 0 Å². The van der Waals surface area contributed by atoms with Gasteiger partial charge in [0.05, 0.1) is 19.8 Å². The van der Waals surface area contributed by atoms with Crippen LogP contribution < -0.4 is 4.74 Å². The molecule has 0 fully saturated rings. The number of unbranched alkanes of at least 4 members (excludes halogenated alkanes) is 2. The predicted molar refractivity (Wildman–Crippen MR) is 113 cm³/mol. The molecule has 0 radical (unpaired) electrons. The summed E-state index contributed by atoms with van der Waals surface area (Å²) >= 11 is 0. The maximum atomic E-state index is 11.7. The molecule has 0 heterocycles. The van der Waals surface area contributed by atoms with E-state index in [4.69, 9.17) is 19.3 Å². The monoisotopic (exact) mass is 404 g/mol. The van der Waals surface area contributed by atoms with Gasteiger partial charge in [-0.1, -0.05) is 24.3 Å². The van der Waals surface area contributed by atoms with Crippen molar-refractivity contribution in [3.63, 3.8) is 0 Å². The molecular weight excluding hydrogens is 372 g/mol. The molecule has 1 rings (SSSR count). The fraction of sp³-hybridized carbons (Fsp3) is 0.478. The molecule has 29 heavy (non-hydrogen) atoms. The van der Waals surface area contributed by atoms with Gasteiger partial charge in [0.15, 0.2) is 0 Å². The standard InChI is InChI=1S/C23H32O6/c1-3-27-22(25)14-10-18-29-21-13-9-12-19(11-7-5-6-8-17-24)20(21)15-16-23(26)28-4-2/h7,9,11-13,15-16,24H,3-6,8,10,14,17-18H2,1-2H3/b11-7?,16-15+. The van der Waals surface area contributed by atoms with Crippen molar-refractivity contribution in [2.24, 2.45) is 0 Å². The van der Waals surface area contributed by atoms with Crippen LogP contribution in [0.15, 0.2) is 30.4 Å². The van der Waals surface area contributed by atoms with Crippen LogP contribution in [-0.2, 0) is 19.1 Å². The number of esters is 2. The first-order chi connectivity index (χ1) is 14.1. The summed E-state index contributed by atoms with van der Waals surface area (Å²) in [6.45, 7) is 4.77. The Hall–Kier alpha value is -2.60. The zero-order valence-electron chi connectivity index (χ0n) is 17.4. The molecule has 0 aromatic heterocycles. The molecule has 160 valence electrons. The molecule has 6 nitrogen and oxygen atoms in total. The topological polar surface area (TPSA) is 82.1 Å². The number of hydrogen-bond donors (Lipinski definition) is 1. The number of carbonyl (C=O) groups is 2. The van der Waals surface area contributed by atoms with Crippen molar-refractivity contribution >= 4 is 24.1 Å². The third kappa shape index (κ3) is 10.5. The average molecular weight is 405 g/mol. The van der Waals surface area contributed by atoms with Crippen molar-refractivity contribution in [2.45, 2.75) is 46.0 Å². The van der Waals surface area contributed by atoms with Gasteiger partial charge >= 0.3 is 11.9 Å². The van der Waals surface area contributed by atoms with Crippen molar-refractivity contribution in [1.29, 1.82) is 0 Å². The third-order valence-electron chi connectivity index (χ3n) is 3.94. The maximum absolute atomic E-state index is 11.7. The largest absolute Gasteiger partial charge is 0.493 e. The molecule has 0 bridgehead atoms. The summed E-state index contributed by atoms with van der Waals surface area (Å²) in [5.74, 6) is -0.0208. The molecular formula is C23H32O6. The van der Waals surface area contributed by atoms with Gasteiger partial charge in [-0.3, -0.25) is 4.79 Å². The second-order valence-corrected chi connectivity index (χ2v) is 6.22. The molecule has 6 heteroatoms. The fourth-order valence-corrected chi connectivity index (χ4v) is 2.57. The van der Waals surface area contributed by atoms with Crippen LogP contribution in [0.2, 0.25) is 0 Å². The van der Waals surface area contributed by atoms with Crippen LogP contribution >= 0.6 is 0 Å². The Morgan fingerprint density at radius 3 is 2.55 bits per heavy atom. The van der Waals surface area contributed by atoms with Crippen LogP contribution in [0.3, 0.4) is 0 Å². The molecule has 1 N–H and O–H groups in total. The van der Waals surface area contributed by atoms with Crippen LogP contribution in [0.5, 0.6) is 5.75 Å². The van der Waals surface area contributed by atoms with E-state index in [0.717, 1.165) is 30.4 Å². The summed E-state index contributed by atoms with van der Waals surface area (Å²) in [4.78, 5) is 23.2. The smallest absolute Gasteiger partial charge is 0.330 e. The molecule has 0 aliphatic rings. The number of aliphatic hydroxyl groups is 1. The normalized spacial score (nSPS) is 11.1. The lowest BCUT2D eigenvalue weighted by atomic mass is 10.0. The Kier molecular flexibility index (Phi) is 12.9. The lowest BCUT2D eigenvalue weighted by Gasteiger charge is -2.12. The highest BCUT2D eigenvalue weighted by Gasteiger charge is 2.08. The van der Waals surface area contributed by atoms with Crippen LogP contribution in [0.25, 0.3) is 12.2 Å². The third-order valence-corrected chi connectivity index (χ3v) is 3.94. The van der Waals surface area contributed by atoms with E-state index >= 15 is 0 Å². The zero-order chi connectivity index (χ0) is 21.3. The Morgan fingerprint density at radius 1 is 1.03 bits per heavy atom. The minimum Gasteiger partial charge on any atom is -0.493 e. The van der Waals surface area contributed by atoms with Crippen molar-refractivity contribution in [1.82, 2.24) is 0 Å². The van der Waals surface area contributed by atoms with Crippen LogP contribution in [0.1, 0.15) is 57.1 Å². The summed E-state index contributed by atoms with van der Waals surface area (Å²) in [5, 5.41) is 8.87. The second kappa shape index (κ2) is 15.3. The summed E-state index contributed by atoms with van der Waals surface area (Å²) < 4.78 is 15.7. The summed E-state index contributed by atoms with van der Waals surface area (Å²) in [7, 11) is 0. The van der Waals surface area contributed by atoms with Crippen LogP contribution in [0, 0.1) is 0 Å². The second-order valence-electron chi connectivity index (χ2n) is 6.22. The van der Waals surface area contributed by atoms with E-state index in [0.29, 0.717) is 38.4 Å². The Morgan fingerprint density at radius 2 is 1.83 bits per heavy atom. The minimum absolute atomic E-state index is 0.191. The lowest BCUT2D eigenvalue weighted by molar-refractivity contribution is -0.143. The molecule has 0 aliphatic heterocycles. The highest BCUT2D eigenvalue weighted by Crippen LogP contribution is 2.26. The number of hydrogen-bond acceptors (Lipinski definition) is 6. The van der Waals surface area contributed by atoms with E-state index in [1.165, 1.54) is 6.08 Å². The summed E-state index contributed by atoms with van der Waals surface area (Å²) in [5.41, 5.74) is 1.69. The van der Waals surface area contributed by atoms with E-state index < -0.39 is 5.97 Å². The lowest BCUT2D eigenvalue weighted by Crippen LogP contribution is -2.07. The SMILES string of the molecule is CCOC(=O)/C=C/c1c(C=CCCCCO)cccc1OCCCC(=O)OCC. The Bertz CT molecular complexity index is 678. The predicted octanol–water partition coefficient (Wildman–Crippen LogP) is 4.16. The van der Waals surface area contributed by atoms with Crippen molar-refractivity contribution in [3.05, 3.63) is 41.5 Å². The van der Waals surface area contributed by atoms with Gasteiger partial charge in [-0.2, -0.15) is 0 Å². The Labute approximate surface area is 173 Å². The van der Waals surface area contributed by atoms with Gasteiger partial charge in [0.1, 0.15) is 5.75 Å². The maximum Gasteiger partial charge on any atom is 0.330 e. The van der Waals surface area contributed by atoms with E-state index in [9.17, 15) is 9.59 Å². The number of carbonyl (C=O) groups excluding carboxylic acids is 2. The number of aliphatic hydroxyl groups excluding tert-OH is 1. The number of ether oxygens (including phenoxy) is 3. The van der Waals surface area contributed by atoms with Gasteiger partial charge < -0.3 is 19.3 Å². The van der Waals surface area contributed by atoms with E-state index in [2.05, 4.69) is 0 Å². The quantitative estimate of drug-likeness (QED) is 0.285. The fourth-order valence-electron chi connectivity index (χ4n) is 2.57. The molecule has 0 unspecified atom stereocenters. The van der Waals surface area contributed by atoms with Crippen molar-refractivity contribution in [3.8, 4) is 5.75 Å². The van der Waals surface area contributed by atoms with Crippen LogP contribution in [0.4, 0.5) is 0 Å². The number of benzene rings is 1. The summed E-state index contributed by atoms with van der Waals surface area (Å²) in [6, 6.07) is 5.66. The summed E-state index contributed by atoms with van der Waals surface area (Å²) in [6.07, 6.45) is 10.5. The van der Waals surface area contributed by atoms with E-state index in [-0.39, 0.29) is 12.6 Å². The molecule has 0 aliphatic carbocycles. The molecule has 1 aromatic rings. The highest BCUT2D eigenvalue weighted by atomic mass is 16.5. The first kappa shape index (κ1) is 24.4. The first-order valence-corrected chi connectivity index (χ1v) is 10.2. The average Bonchev–Trinajstić information content (AvgIpc) is 2.70. The number of allylic oxidation sites excluding steroid dienone is 1. The first-order valence-electron chi connectivity index (χ1n) is 10.2. The van der Waals surface area contributed by atoms with E-state index in [1.54, 1.807) is 19.9 Å². The van der Waals surface area contributed by atoms with Gasteiger partial charge in [-0.25, -0.2) is 4.79 Å². The number of rotatable bonds is 14. The molecule has 0 amide bonds. The van der Waals surface area contributed by atoms with Crippen molar-refractivity contribution in [2.75, 3.05) is 26.4 Å². The molecule has 0 saturated carbocycles. The van der Waals surface area contributed by atoms with Gasteiger partial charge in [0, 0.05) is 24.7 Å². The Balaban J connectivity index is 2.87. The van der Waals surface area contributed by atoms with Crippen molar-refractivity contribution < 1.29 is 28.9 Å².